The van der Waals surface area contributed by atoms with Crippen molar-refractivity contribution in [2.45, 2.75) is 19.3 Å². The topological polar surface area (TPSA) is 30.7 Å². The lowest BCUT2D eigenvalue weighted by Gasteiger charge is -2.05. The van der Waals surface area contributed by atoms with Crippen molar-refractivity contribution in [1.82, 2.24) is 14.5 Å². The molecule has 0 amide bonds. The van der Waals surface area contributed by atoms with E-state index in [1.807, 2.05) is 31.3 Å². The van der Waals surface area contributed by atoms with Crippen molar-refractivity contribution in [3.63, 3.8) is 0 Å². The van der Waals surface area contributed by atoms with E-state index in [1.165, 1.54) is 4.88 Å². The number of nitrogens with zero attached hydrogens (tertiary/aromatic N) is 3. The quantitative estimate of drug-likeness (QED) is 0.685. The van der Waals surface area contributed by atoms with E-state index in [0.29, 0.717) is 5.88 Å². The lowest BCUT2D eigenvalue weighted by atomic mass is 10.3. The van der Waals surface area contributed by atoms with Crippen molar-refractivity contribution in [3.8, 4) is 0 Å². The van der Waals surface area contributed by atoms with Gasteiger partial charge in [-0.25, -0.2) is 9.97 Å². The number of fused-ring (bicyclic) bond motifs is 1. The van der Waals surface area contributed by atoms with Crippen LogP contribution >= 0.6 is 22.9 Å². The first-order chi connectivity index (χ1) is 8.78. The SMILES string of the molecule is Cc1ncc(Cn2c(CCl)nc3ccccc32)s1. The normalized spacial score (nSPS) is 11.2. The molecule has 0 unspecified atom stereocenters. The molecule has 3 rings (SSSR count). The zero-order valence-electron chi connectivity index (χ0n) is 9.93. The second kappa shape index (κ2) is 4.71. The van der Waals surface area contributed by atoms with Crippen molar-refractivity contribution in [2.75, 3.05) is 0 Å². The van der Waals surface area contributed by atoms with Crippen LogP contribution in [0.2, 0.25) is 0 Å². The standard InChI is InChI=1S/C13H12ClN3S/c1-9-15-7-10(18-9)8-17-12-5-3-2-4-11(12)16-13(17)6-14/h2-5,7H,6,8H2,1H3. The summed E-state index contributed by atoms with van der Waals surface area (Å²) in [5, 5.41) is 1.09. The fourth-order valence-corrected chi connectivity index (χ4v) is 3.03. The predicted octanol–water partition coefficient (Wildman–Crippen LogP) is 3.59. The Kier molecular flexibility index (Phi) is 3.06. The van der Waals surface area contributed by atoms with Gasteiger partial charge in [-0.3, -0.25) is 0 Å². The molecule has 0 atom stereocenters. The van der Waals surface area contributed by atoms with Crippen LogP contribution in [0.25, 0.3) is 11.0 Å². The smallest absolute Gasteiger partial charge is 0.125 e. The van der Waals surface area contributed by atoms with Crippen molar-refractivity contribution in [2.24, 2.45) is 0 Å². The molecule has 0 spiro atoms. The van der Waals surface area contributed by atoms with Crippen LogP contribution in [-0.4, -0.2) is 14.5 Å². The monoisotopic (exact) mass is 277 g/mol. The lowest BCUT2D eigenvalue weighted by Crippen LogP contribution is -2.02. The van der Waals surface area contributed by atoms with E-state index in [0.717, 1.165) is 28.4 Å². The first kappa shape index (κ1) is 11.7. The molecule has 1 aromatic carbocycles. The maximum atomic E-state index is 5.98. The van der Waals surface area contributed by atoms with Crippen LogP contribution in [0.15, 0.2) is 30.5 Å². The average Bonchev–Trinajstić information content (AvgIpc) is 2.94. The Morgan fingerprint density at radius 1 is 1.33 bits per heavy atom. The van der Waals surface area contributed by atoms with E-state index in [4.69, 9.17) is 11.6 Å². The summed E-state index contributed by atoms with van der Waals surface area (Å²) >= 11 is 7.69. The molecule has 0 aliphatic rings. The Bertz CT molecular complexity index is 686. The molecule has 18 heavy (non-hydrogen) atoms. The van der Waals surface area contributed by atoms with Gasteiger partial charge in [-0.1, -0.05) is 12.1 Å². The molecule has 0 N–H and O–H groups in total. The van der Waals surface area contributed by atoms with Crippen LogP contribution in [-0.2, 0) is 12.4 Å². The van der Waals surface area contributed by atoms with Gasteiger partial charge >= 0.3 is 0 Å². The zero-order chi connectivity index (χ0) is 12.5. The summed E-state index contributed by atoms with van der Waals surface area (Å²) in [4.78, 5) is 10.1. The van der Waals surface area contributed by atoms with Crippen LogP contribution in [0.3, 0.4) is 0 Å². The highest BCUT2D eigenvalue weighted by Crippen LogP contribution is 2.21. The van der Waals surface area contributed by atoms with Gasteiger partial charge in [0.05, 0.1) is 28.5 Å². The Labute approximate surface area is 114 Å². The van der Waals surface area contributed by atoms with Gasteiger partial charge in [-0.2, -0.15) is 0 Å². The highest BCUT2D eigenvalue weighted by molar-refractivity contribution is 7.11. The molecule has 2 aromatic heterocycles. The number of aryl methyl sites for hydroxylation is 1. The summed E-state index contributed by atoms with van der Waals surface area (Å²) in [6, 6.07) is 8.11. The first-order valence-corrected chi connectivity index (χ1v) is 7.04. The Morgan fingerprint density at radius 3 is 2.89 bits per heavy atom. The predicted molar refractivity (Wildman–Crippen MR) is 75.2 cm³/mol. The molecule has 0 bridgehead atoms. The van der Waals surface area contributed by atoms with Gasteiger partial charge in [-0.05, 0) is 19.1 Å². The third-order valence-electron chi connectivity index (χ3n) is 2.84. The number of rotatable bonds is 3. The molecule has 0 saturated carbocycles. The summed E-state index contributed by atoms with van der Waals surface area (Å²) in [5.41, 5.74) is 2.12. The highest BCUT2D eigenvalue weighted by Gasteiger charge is 2.10. The molecule has 0 fully saturated rings. The largest absolute Gasteiger partial charge is 0.322 e. The minimum atomic E-state index is 0.423. The number of hydrogen-bond donors (Lipinski definition) is 0. The van der Waals surface area contributed by atoms with E-state index in [1.54, 1.807) is 11.3 Å². The van der Waals surface area contributed by atoms with Crippen LogP contribution < -0.4 is 0 Å². The van der Waals surface area contributed by atoms with Crippen LogP contribution in [0.5, 0.6) is 0 Å². The van der Waals surface area contributed by atoms with E-state index in [9.17, 15) is 0 Å². The van der Waals surface area contributed by atoms with Gasteiger partial charge in [0.15, 0.2) is 0 Å². The van der Waals surface area contributed by atoms with Crippen LogP contribution in [0.1, 0.15) is 15.7 Å². The maximum Gasteiger partial charge on any atom is 0.125 e. The molecular formula is C13H12ClN3S. The average molecular weight is 278 g/mol. The van der Waals surface area contributed by atoms with Gasteiger partial charge in [0.25, 0.3) is 0 Å². The third kappa shape index (κ3) is 2.02. The van der Waals surface area contributed by atoms with E-state index >= 15 is 0 Å². The molecular weight excluding hydrogens is 266 g/mol. The molecule has 0 radical (unpaired) electrons. The van der Waals surface area contributed by atoms with Crippen molar-refractivity contribution < 1.29 is 0 Å². The van der Waals surface area contributed by atoms with Gasteiger partial charge in [0, 0.05) is 11.1 Å². The van der Waals surface area contributed by atoms with E-state index in [2.05, 4.69) is 20.6 Å². The van der Waals surface area contributed by atoms with Crippen LogP contribution in [0, 0.1) is 6.92 Å². The first-order valence-electron chi connectivity index (χ1n) is 5.69. The lowest BCUT2D eigenvalue weighted by molar-refractivity contribution is 0.787. The Balaban J connectivity index is 2.09. The maximum absolute atomic E-state index is 5.98. The number of alkyl halides is 1. The van der Waals surface area contributed by atoms with Crippen molar-refractivity contribution in [3.05, 3.63) is 46.2 Å². The summed E-state index contributed by atoms with van der Waals surface area (Å²) < 4.78 is 2.16. The fourth-order valence-electron chi connectivity index (χ4n) is 2.04. The molecule has 0 aliphatic carbocycles. The molecule has 0 saturated heterocycles. The summed E-state index contributed by atoms with van der Waals surface area (Å²) in [7, 11) is 0. The van der Waals surface area contributed by atoms with Crippen molar-refractivity contribution in [1.29, 1.82) is 0 Å². The van der Waals surface area contributed by atoms with Gasteiger partial charge in [0.2, 0.25) is 0 Å². The number of hydrogen-bond acceptors (Lipinski definition) is 3. The molecule has 5 heteroatoms. The van der Waals surface area contributed by atoms with Gasteiger partial charge < -0.3 is 4.57 Å². The minimum Gasteiger partial charge on any atom is -0.322 e. The van der Waals surface area contributed by atoms with Crippen molar-refractivity contribution >= 4 is 34.0 Å². The number of aromatic nitrogens is 3. The van der Waals surface area contributed by atoms with E-state index < -0.39 is 0 Å². The zero-order valence-corrected chi connectivity index (χ0v) is 11.5. The Morgan fingerprint density at radius 2 is 2.17 bits per heavy atom. The number of halogens is 1. The van der Waals surface area contributed by atoms with Gasteiger partial charge in [0.1, 0.15) is 5.82 Å². The molecule has 3 nitrogen and oxygen atoms in total. The molecule has 92 valence electrons. The number of imidazole rings is 1. The number of para-hydroxylation sites is 2. The second-order valence-electron chi connectivity index (χ2n) is 4.08. The summed E-state index contributed by atoms with van der Waals surface area (Å²) in [6.45, 7) is 2.80. The van der Waals surface area contributed by atoms with Gasteiger partial charge in [-0.15, -0.1) is 22.9 Å². The summed E-state index contributed by atoms with van der Waals surface area (Å²) in [6.07, 6.45) is 1.92. The minimum absolute atomic E-state index is 0.423. The number of benzene rings is 1. The van der Waals surface area contributed by atoms with E-state index in [-0.39, 0.29) is 0 Å². The Hall–Kier alpha value is -1.39. The highest BCUT2D eigenvalue weighted by atomic mass is 35.5. The molecule has 3 aromatic rings. The van der Waals surface area contributed by atoms with Crippen LogP contribution in [0.4, 0.5) is 0 Å². The second-order valence-corrected chi connectivity index (χ2v) is 5.67. The number of thiazole rings is 1. The fraction of sp³-hybridized carbons (Fsp3) is 0.231. The molecule has 0 aliphatic heterocycles. The third-order valence-corrected chi connectivity index (χ3v) is 3.97. The summed E-state index contributed by atoms with van der Waals surface area (Å²) in [5.74, 6) is 1.33. The molecule has 2 heterocycles.